The number of anilines is 2. The smallest absolute Gasteiger partial charge is 0.415 e. The van der Waals surface area contributed by atoms with Crippen LogP contribution in [0.4, 0.5) is 16.3 Å². The van der Waals surface area contributed by atoms with Crippen LogP contribution in [0, 0.1) is 13.8 Å². The van der Waals surface area contributed by atoms with E-state index >= 15 is 0 Å². The Morgan fingerprint density at radius 1 is 1.11 bits per heavy atom. The van der Waals surface area contributed by atoms with E-state index in [-0.39, 0.29) is 18.2 Å². The molecular formula is C26H32N6O3. The van der Waals surface area contributed by atoms with Gasteiger partial charge in [-0.3, -0.25) is 4.90 Å². The number of aryl methyl sites for hydroxylation is 2. The van der Waals surface area contributed by atoms with Crippen LogP contribution in [0.2, 0.25) is 0 Å². The summed E-state index contributed by atoms with van der Waals surface area (Å²) in [7, 11) is 3.66. The van der Waals surface area contributed by atoms with Crippen molar-refractivity contribution in [1.82, 2.24) is 19.8 Å². The molecule has 35 heavy (non-hydrogen) atoms. The largest absolute Gasteiger partial charge is 0.493 e. The molecule has 3 N–H and O–H groups in total. The average molecular weight is 477 g/mol. The van der Waals surface area contributed by atoms with E-state index in [1.54, 1.807) is 19.2 Å². The number of methoxy groups -OCH3 is 1. The van der Waals surface area contributed by atoms with E-state index in [0.29, 0.717) is 41.2 Å². The van der Waals surface area contributed by atoms with Crippen molar-refractivity contribution >= 4 is 28.5 Å². The van der Waals surface area contributed by atoms with Crippen LogP contribution >= 0.6 is 0 Å². The number of benzene rings is 2. The molecule has 2 saturated heterocycles. The molecule has 0 saturated carbocycles. The van der Waals surface area contributed by atoms with Crippen molar-refractivity contribution in [3.63, 3.8) is 0 Å². The molecular weight excluding hydrogens is 444 g/mol. The van der Waals surface area contributed by atoms with Crippen molar-refractivity contribution in [2.45, 2.75) is 45.3 Å². The number of fused-ring (bicyclic) bond motifs is 3. The first-order chi connectivity index (χ1) is 16.7. The number of hydrogen-bond acceptors (Lipinski definition) is 8. The average Bonchev–Trinajstić information content (AvgIpc) is 3.38. The number of nitrogens with zero attached hydrogens (tertiary/aromatic N) is 4. The zero-order chi connectivity index (χ0) is 24.9. The van der Waals surface area contributed by atoms with E-state index in [2.05, 4.69) is 40.2 Å². The normalized spacial score (nSPS) is 20.3. The maximum Gasteiger partial charge on any atom is 0.415 e. The number of ether oxygens (including phenoxy) is 2. The van der Waals surface area contributed by atoms with Gasteiger partial charge in [-0.15, -0.1) is 0 Å². The van der Waals surface area contributed by atoms with Crippen molar-refractivity contribution in [3.05, 3.63) is 47.3 Å². The molecule has 9 nitrogen and oxygen atoms in total. The number of nitrogens with two attached hydrogens (primary N) is 1. The highest BCUT2D eigenvalue weighted by atomic mass is 16.6. The van der Waals surface area contributed by atoms with Gasteiger partial charge in [0.1, 0.15) is 11.6 Å². The molecule has 2 fully saturated rings. The number of nitrogens with one attached hydrogen (secondary N) is 1. The van der Waals surface area contributed by atoms with Crippen LogP contribution in [-0.2, 0) is 0 Å². The van der Waals surface area contributed by atoms with Crippen LogP contribution in [-0.4, -0.2) is 65.2 Å². The zero-order valence-corrected chi connectivity index (χ0v) is 20.8. The van der Waals surface area contributed by atoms with Crippen LogP contribution in [0.3, 0.4) is 0 Å². The monoisotopic (exact) mass is 476 g/mol. The molecule has 3 atom stereocenters. The number of aromatic nitrogens is 2. The van der Waals surface area contributed by atoms with Crippen LogP contribution in [0.5, 0.6) is 11.5 Å². The van der Waals surface area contributed by atoms with Gasteiger partial charge in [0.05, 0.1) is 18.7 Å². The molecule has 0 spiro atoms. The first-order valence-electron chi connectivity index (χ1n) is 11.9. The minimum absolute atomic E-state index is 0.0556. The van der Waals surface area contributed by atoms with Gasteiger partial charge < -0.3 is 25.4 Å². The summed E-state index contributed by atoms with van der Waals surface area (Å²) in [5, 5.41) is 4.24. The molecule has 2 aliphatic rings. The molecule has 184 valence electrons. The SMILES string of the molecule is COc1cc2nc(C)nc(NC(C)c3cc(C)cc(N)c3)c2cc1OC(=O)N1CC2CC1CN2C. The number of rotatable bonds is 5. The van der Waals surface area contributed by atoms with Gasteiger partial charge in [0.25, 0.3) is 0 Å². The lowest BCUT2D eigenvalue weighted by Crippen LogP contribution is -2.48. The number of piperazine rings is 1. The van der Waals surface area contributed by atoms with E-state index in [4.69, 9.17) is 15.2 Å². The number of carbonyl (C=O) groups is 1. The van der Waals surface area contributed by atoms with Gasteiger partial charge in [0.15, 0.2) is 11.5 Å². The van der Waals surface area contributed by atoms with E-state index < -0.39 is 0 Å². The van der Waals surface area contributed by atoms with Crippen molar-refractivity contribution in [3.8, 4) is 11.5 Å². The van der Waals surface area contributed by atoms with Gasteiger partial charge in [-0.25, -0.2) is 14.8 Å². The molecule has 3 aromatic rings. The number of amides is 1. The molecule has 1 amide bonds. The molecule has 0 aliphatic carbocycles. The van der Waals surface area contributed by atoms with Crippen LogP contribution < -0.4 is 20.5 Å². The highest BCUT2D eigenvalue weighted by Crippen LogP contribution is 2.37. The maximum absolute atomic E-state index is 13.1. The number of nitrogen functional groups attached to an aromatic ring is 1. The Morgan fingerprint density at radius 3 is 2.57 bits per heavy atom. The Bertz CT molecular complexity index is 1270. The number of carbonyl (C=O) groups excluding carboxylic acids is 1. The molecule has 3 heterocycles. The highest BCUT2D eigenvalue weighted by Gasteiger charge is 2.44. The van der Waals surface area contributed by atoms with Gasteiger partial charge in [0.2, 0.25) is 0 Å². The van der Waals surface area contributed by atoms with Crippen molar-refractivity contribution in [1.29, 1.82) is 0 Å². The second-order valence-electron chi connectivity index (χ2n) is 9.69. The summed E-state index contributed by atoms with van der Waals surface area (Å²) in [6.45, 7) is 7.48. The predicted octanol–water partition coefficient (Wildman–Crippen LogP) is 3.90. The Labute approximate surface area is 205 Å². The third kappa shape index (κ3) is 4.43. The number of likely N-dealkylation sites (N-methyl/N-ethyl adjacent to an activating group) is 1. The lowest BCUT2D eigenvalue weighted by Gasteiger charge is -2.31. The minimum Gasteiger partial charge on any atom is -0.493 e. The van der Waals surface area contributed by atoms with Crippen LogP contribution in [0.15, 0.2) is 30.3 Å². The number of hydrogen-bond donors (Lipinski definition) is 2. The molecule has 2 bridgehead atoms. The summed E-state index contributed by atoms with van der Waals surface area (Å²) in [4.78, 5) is 26.4. The van der Waals surface area contributed by atoms with Crippen LogP contribution in [0.25, 0.3) is 10.9 Å². The molecule has 1 aromatic heterocycles. The first kappa shape index (κ1) is 23.2. The molecule has 5 rings (SSSR count). The van der Waals surface area contributed by atoms with E-state index in [1.807, 2.05) is 30.9 Å². The van der Waals surface area contributed by atoms with E-state index in [9.17, 15) is 4.79 Å². The Morgan fingerprint density at radius 2 is 1.91 bits per heavy atom. The summed E-state index contributed by atoms with van der Waals surface area (Å²) in [6.07, 6.45) is 0.637. The summed E-state index contributed by atoms with van der Waals surface area (Å²) < 4.78 is 11.4. The Hall–Kier alpha value is -3.59. The first-order valence-corrected chi connectivity index (χ1v) is 11.9. The van der Waals surface area contributed by atoms with Gasteiger partial charge in [-0.2, -0.15) is 0 Å². The van der Waals surface area contributed by atoms with Crippen molar-refractivity contribution in [2.24, 2.45) is 0 Å². The van der Waals surface area contributed by atoms with Gasteiger partial charge in [-0.05, 0) is 63.6 Å². The fourth-order valence-corrected chi connectivity index (χ4v) is 5.23. The van der Waals surface area contributed by atoms with Crippen LogP contribution in [0.1, 0.15) is 36.3 Å². The molecule has 2 aromatic carbocycles. The fourth-order valence-electron chi connectivity index (χ4n) is 5.23. The lowest BCUT2D eigenvalue weighted by atomic mass is 10.0. The second kappa shape index (κ2) is 8.88. The molecule has 2 aliphatic heterocycles. The third-order valence-electron chi connectivity index (χ3n) is 7.01. The number of likely N-dealkylation sites (tertiary alicyclic amines) is 2. The highest BCUT2D eigenvalue weighted by molar-refractivity contribution is 5.92. The maximum atomic E-state index is 13.1. The molecule has 3 unspecified atom stereocenters. The topological polar surface area (TPSA) is 106 Å². The molecule has 9 heteroatoms. The Kier molecular flexibility index (Phi) is 5.88. The minimum atomic E-state index is -0.352. The van der Waals surface area contributed by atoms with Gasteiger partial charge in [-0.1, -0.05) is 6.07 Å². The standard InChI is InChI=1S/C26H32N6O3/c1-14-6-17(8-18(27)7-14)15(2)28-25-21-10-24(23(34-5)11-22(21)29-16(3)30-25)35-26(33)32-13-19-9-20(32)12-31(19)4/h6-8,10-11,15,19-20H,9,12-13,27H2,1-5H3,(H,28,29,30). The summed E-state index contributed by atoms with van der Waals surface area (Å²) in [5.41, 5.74) is 9.64. The van der Waals surface area contributed by atoms with Gasteiger partial charge in [0, 0.05) is 42.3 Å². The fraction of sp³-hybridized carbons (Fsp3) is 0.423. The zero-order valence-electron chi connectivity index (χ0n) is 20.8. The van der Waals surface area contributed by atoms with Crippen molar-refractivity contribution < 1.29 is 14.3 Å². The predicted molar refractivity (Wildman–Crippen MR) is 136 cm³/mol. The lowest BCUT2D eigenvalue weighted by molar-refractivity contribution is 0.117. The van der Waals surface area contributed by atoms with E-state index in [1.165, 1.54) is 0 Å². The second-order valence-corrected chi connectivity index (χ2v) is 9.69. The summed E-state index contributed by atoms with van der Waals surface area (Å²) >= 11 is 0. The summed E-state index contributed by atoms with van der Waals surface area (Å²) in [5.74, 6) is 2.09. The summed E-state index contributed by atoms with van der Waals surface area (Å²) in [6, 6.07) is 10.1. The van der Waals surface area contributed by atoms with E-state index in [0.717, 1.165) is 35.2 Å². The Balaban J connectivity index is 1.46. The third-order valence-corrected chi connectivity index (χ3v) is 7.01. The quantitative estimate of drug-likeness (QED) is 0.534. The van der Waals surface area contributed by atoms with Crippen molar-refractivity contribution in [2.75, 3.05) is 38.3 Å². The molecule has 0 radical (unpaired) electrons. The van der Waals surface area contributed by atoms with Gasteiger partial charge >= 0.3 is 6.09 Å².